The highest BCUT2D eigenvalue weighted by Crippen LogP contribution is 2.09. The predicted octanol–water partition coefficient (Wildman–Crippen LogP) is -0.419. The van der Waals surface area contributed by atoms with Gasteiger partial charge in [-0.1, -0.05) is 0 Å². The van der Waals surface area contributed by atoms with Crippen LogP contribution in [0, 0.1) is 0 Å². The number of nitrogens with two attached hydrogens (primary N) is 1. The summed E-state index contributed by atoms with van der Waals surface area (Å²) >= 11 is 0. The van der Waals surface area contributed by atoms with Gasteiger partial charge in [0.1, 0.15) is 6.10 Å². The summed E-state index contributed by atoms with van der Waals surface area (Å²) in [5.74, 6) is 0.0266. The SMILES string of the molecule is CC(C)N1CCOC(CN)C1=O. The molecule has 1 fully saturated rings. The molecule has 0 bridgehead atoms. The third kappa shape index (κ3) is 1.76. The van der Waals surface area contributed by atoms with Gasteiger partial charge in [0.05, 0.1) is 6.61 Å². The van der Waals surface area contributed by atoms with Crippen molar-refractivity contribution in [1.29, 1.82) is 0 Å². The normalized spacial score (nSPS) is 25.2. The van der Waals surface area contributed by atoms with E-state index >= 15 is 0 Å². The maximum absolute atomic E-state index is 11.5. The first-order chi connectivity index (χ1) is 5.66. The molecule has 4 heteroatoms. The average Bonchev–Trinajstić information content (AvgIpc) is 2.04. The molecule has 1 amide bonds. The largest absolute Gasteiger partial charge is 0.365 e. The highest BCUT2D eigenvalue weighted by atomic mass is 16.5. The zero-order valence-electron chi connectivity index (χ0n) is 7.62. The molecule has 1 aliphatic rings. The zero-order valence-corrected chi connectivity index (χ0v) is 7.62. The van der Waals surface area contributed by atoms with Crippen molar-refractivity contribution < 1.29 is 9.53 Å². The molecule has 2 N–H and O–H groups in total. The molecule has 70 valence electrons. The van der Waals surface area contributed by atoms with E-state index in [2.05, 4.69) is 0 Å². The molecule has 1 heterocycles. The summed E-state index contributed by atoms with van der Waals surface area (Å²) in [6.45, 7) is 5.56. The van der Waals surface area contributed by atoms with Crippen molar-refractivity contribution in [1.82, 2.24) is 4.90 Å². The van der Waals surface area contributed by atoms with E-state index in [0.29, 0.717) is 13.2 Å². The highest BCUT2D eigenvalue weighted by molar-refractivity contribution is 5.82. The van der Waals surface area contributed by atoms with Crippen LogP contribution in [-0.4, -0.2) is 42.6 Å². The summed E-state index contributed by atoms with van der Waals surface area (Å²) in [6.07, 6.45) is -0.416. The van der Waals surface area contributed by atoms with Crippen molar-refractivity contribution in [3.05, 3.63) is 0 Å². The molecular weight excluding hydrogens is 156 g/mol. The third-order valence-electron chi connectivity index (χ3n) is 2.05. The Balaban J connectivity index is 2.59. The summed E-state index contributed by atoms with van der Waals surface area (Å²) in [6, 6.07) is 0.246. The Kier molecular flexibility index (Phi) is 3.05. The van der Waals surface area contributed by atoms with Crippen LogP contribution in [-0.2, 0) is 9.53 Å². The second-order valence-corrected chi connectivity index (χ2v) is 3.22. The smallest absolute Gasteiger partial charge is 0.253 e. The summed E-state index contributed by atoms with van der Waals surface area (Å²) in [4.78, 5) is 13.3. The molecule has 1 aliphatic heterocycles. The maximum atomic E-state index is 11.5. The van der Waals surface area contributed by atoms with E-state index in [-0.39, 0.29) is 18.5 Å². The quantitative estimate of drug-likeness (QED) is 0.615. The van der Waals surface area contributed by atoms with E-state index < -0.39 is 6.10 Å². The van der Waals surface area contributed by atoms with Gasteiger partial charge in [-0.3, -0.25) is 4.79 Å². The molecule has 0 aromatic heterocycles. The van der Waals surface area contributed by atoms with E-state index in [1.807, 2.05) is 13.8 Å². The second kappa shape index (κ2) is 3.87. The van der Waals surface area contributed by atoms with Crippen LogP contribution in [0.2, 0.25) is 0 Å². The van der Waals surface area contributed by atoms with Gasteiger partial charge in [-0.15, -0.1) is 0 Å². The Bertz CT molecular complexity index is 170. The minimum Gasteiger partial charge on any atom is -0.365 e. The lowest BCUT2D eigenvalue weighted by atomic mass is 10.2. The fourth-order valence-corrected chi connectivity index (χ4v) is 1.34. The highest BCUT2D eigenvalue weighted by Gasteiger charge is 2.29. The molecule has 12 heavy (non-hydrogen) atoms. The average molecular weight is 172 g/mol. The first-order valence-corrected chi connectivity index (χ1v) is 4.29. The van der Waals surface area contributed by atoms with Gasteiger partial charge in [0.2, 0.25) is 0 Å². The van der Waals surface area contributed by atoms with Gasteiger partial charge in [0.25, 0.3) is 5.91 Å². The van der Waals surface area contributed by atoms with Crippen molar-refractivity contribution in [2.75, 3.05) is 19.7 Å². The molecule has 0 radical (unpaired) electrons. The number of carbonyl (C=O) groups excluding carboxylic acids is 1. The lowest BCUT2D eigenvalue weighted by Crippen LogP contribution is -2.52. The number of carbonyl (C=O) groups is 1. The minimum atomic E-state index is -0.416. The summed E-state index contributed by atoms with van der Waals surface area (Å²) in [7, 11) is 0. The van der Waals surface area contributed by atoms with Crippen molar-refractivity contribution in [3.63, 3.8) is 0 Å². The van der Waals surface area contributed by atoms with Gasteiger partial charge in [0.15, 0.2) is 0 Å². The van der Waals surface area contributed by atoms with Gasteiger partial charge < -0.3 is 15.4 Å². The monoisotopic (exact) mass is 172 g/mol. The number of nitrogens with zero attached hydrogens (tertiary/aromatic N) is 1. The lowest BCUT2D eigenvalue weighted by molar-refractivity contribution is -0.154. The van der Waals surface area contributed by atoms with Crippen molar-refractivity contribution >= 4 is 5.91 Å². The fraction of sp³-hybridized carbons (Fsp3) is 0.875. The van der Waals surface area contributed by atoms with Crippen LogP contribution in [0.3, 0.4) is 0 Å². The molecular formula is C8H16N2O2. The van der Waals surface area contributed by atoms with Crippen LogP contribution in [0.25, 0.3) is 0 Å². The lowest BCUT2D eigenvalue weighted by Gasteiger charge is -2.34. The van der Waals surface area contributed by atoms with Gasteiger partial charge in [0, 0.05) is 19.1 Å². The number of hydrogen-bond donors (Lipinski definition) is 1. The fourth-order valence-electron chi connectivity index (χ4n) is 1.34. The maximum Gasteiger partial charge on any atom is 0.253 e. The summed E-state index contributed by atoms with van der Waals surface area (Å²) < 4.78 is 5.20. The Morgan fingerprint density at radius 3 is 2.92 bits per heavy atom. The molecule has 0 aliphatic carbocycles. The molecule has 1 saturated heterocycles. The Labute approximate surface area is 72.7 Å². The van der Waals surface area contributed by atoms with Crippen LogP contribution in [0.5, 0.6) is 0 Å². The molecule has 0 spiro atoms. The molecule has 1 atom stereocenters. The third-order valence-corrected chi connectivity index (χ3v) is 2.05. The van der Waals surface area contributed by atoms with Gasteiger partial charge >= 0.3 is 0 Å². The number of morpholine rings is 1. The van der Waals surface area contributed by atoms with Crippen molar-refractivity contribution in [2.45, 2.75) is 26.0 Å². The zero-order chi connectivity index (χ0) is 9.14. The van der Waals surface area contributed by atoms with Gasteiger partial charge in [-0.25, -0.2) is 0 Å². The first-order valence-electron chi connectivity index (χ1n) is 4.29. The van der Waals surface area contributed by atoms with E-state index in [4.69, 9.17) is 10.5 Å². The number of amides is 1. The standard InChI is InChI=1S/C8H16N2O2/c1-6(2)10-3-4-12-7(5-9)8(10)11/h6-7H,3-5,9H2,1-2H3. The van der Waals surface area contributed by atoms with Crippen molar-refractivity contribution in [2.24, 2.45) is 5.73 Å². The van der Waals surface area contributed by atoms with E-state index in [1.165, 1.54) is 0 Å². The number of ether oxygens (including phenoxy) is 1. The second-order valence-electron chi connectivity index (χ2n) is 3.22. The Morgan fingerprint density at radius 2 is 2.42 bits per heavy atom. The van der Waals surface area contributed by atoms with Gasteiger partial charge in [-0.05, 0) is 13.8 Å². The Hall–Kier alpha value is -0.610. The molecule has 0 aromatic rings. The number of rotatable bonds is 2. The predicted molar refractivity (Wildman–Crippen MR) is 45.6 cm³/mol. The minimum absolute atomic E-state index is 0.0266. The molecule has 1 unspecified atom stereocenters. The molecule has 1 rings (SSSR count). The van der Waals surface area contributed by atoms with Gasteiger partial charge in [-0.2, -0.15) is 0 Å². The van der Waals surface area contributed by atoms with E-state index in [0.717, 1.165) is 0 Å². The van der Waals surface area contributed by atoms with E-state index in [1.54, 1.807) is 4.90 Å². The van der Waals surface area contributed by atoms with Crippen LogP contribution in [0.15, 0.2) is 0 Å². The molecule has 0 aromatic carbocycles. The summed E-state index contributed by atoms with van der Waals surface area (Å²) in [5, 5.41) is 0. The van der Waals surface area contributed by atoms with Crippen molar-refractivity contribution in [3.8, 4) is 0 Å². The van der Waals surface area contributed by atoms with Crippen LogP contribution in [0.1, 0.15) is 13.8 Å². The molecule has 4 nitrogen and oxygen atoms in total. The molecule has 0 saturated carbocycles. The van der Waals surface area contributed by atoms with Crippen LogP contribution in [0.4, 0.5) is 0 Å². The van der Waals surface area contributed by atoms with Crippen LogP contribution < -0.4 is 5.73 Å². The topological polar surface area (TPSA) is 55.6 Å². The summed E-state index contributed by atoms with van der Waals surface area (Å²) in [5.41, 5.74) is 5.38. The Morgan fingerprint density at radius 1 is 1.75 bits per heavy atom. The van der Waals surface area contributed by atoms with E-state index in [9.17, 15) is 4.79 Å². The first kappa shape index (κ1) is 9.48. The number of hydrogen-bond acceptors (Lipinski definition) is 3. The van der Waals surface area contributed by atoms with Crippen LogP contribution >= 0.6 is 0 Å².